The van der Waals surface area contributed by atoms with Crippen LogP contribution in [0.5, 0.6) is 0 Å². The van der Waals surface area contributed by atoms with Crippen LogP contribution in [0, 0.1) is 0 Å². The van der Waals surface area contributed by atoms with Gasteiger partial charge in [0.25, 0.3) is 0 Å². The molecule has 6 nitrogen and oxygen atoms in total. The van der Waals surface area contributed by atoms with Gasteiger partial charge in [0.2, 0.25) is 0 Å². The Bertz CT molecular complexity index is 417. The summed E-state index contributed by atoms with van der Waals surface area (Å²) in [7, 11) is 1.49. The van der Waals surface area contributed by atoms with Crippen molar-refractivity contribution in [2.75, 3.05) is 12.4 Å². The predicted molar refractivity (Wildman–Crippen MR) is 72.5 cm³/mol. The lowest BCUT2D eigenvalue weighted by molar-refractivity contribution is -0.248. The summed E-state index contributed by atoms with van der Waals surface area (Å²) in [4.78, 5) is 4.04. The van der Waals surface area contributed by atoms with E-state index >= 15 is 0 Å². The number of thiazole rings is 1. The van der Waals surface area contributed by atoms with Gasteiger partial charge in [0.15, 0.2) is 11.4 Å². The van der Waals surface area contributed by atoms with E-state index in [9.17, 15) is 10.2 Å². The molecule has 19 heavy (non-hydrogen) atoms. The second kappa shape index (κ2) is 6.34. The minimum absolute atomic E-state index is 0.375. The fourth-order valence-electron chi connectivity index (χ4n) is 2.09. The number of methoxy groups -OCH3 is 1. The van der Waals surface area contributed by atoms with E-state index in [2.05, 4.69) is 10.3 Å². The maximum atomic E-state index is 10.2. The molecule has 108 valence electrons. The lowest BCUT2D eigenvalue weighted by Crippen LogP contribution is -2.60. The molecule has 0 saturated carbocycles. The molecule has 1 aromatic heterocycles. The molecule has 2 heterocycles. The van der Waals surface area contributed by atoms with Gasteiger partial charge in [0.1, 0.15) is 23.4 Å². The van der Waals surface area contributed by atoms with Gasteiger partial charge in [-0.1, -0.05) is 18.5 Å². The zero-order chi connectivity index (χ0) is 14.0. The molecule has 1 saturated heterocycles. The minimum Gasteiger partial charge on any atom is -0.388 e. The lowest BCUT2D eigenvalue weighted by atomic mass is 9.95. The van der Waals surface area contributed by atoms with E-state index in [4.69, 9.17) is 21.1 Å². The van der Waals surface area contributed by atoms with Crippen LogP contribution in [0.2, 0.25) is 5.15 Å². The van der Waals surface area contributed by atoms with Crippen molar-refractivity contribution in [3.8, 4) is 0 Å². The second-order valence-corrected chi connectivity index (χ2v) is 5.56. The lowest BCUT2D eigenvalue weighted by Gasteiger charge is -2.42. The summed E-state index contributed by atoms with van der Waals surface area (Å²) in [5, 5.41) is 25.8. The van der Waals surface area contributed by atoms with Gasteiger partial charge in [-0.3, -0.25) is 0 Å². The molecule has 1 aromatic rings. The Morgan fingerprint density at radius 2 is 2.26 bits per heavy atom. The van der Waals surface area contributed by atoms with Crippen molar-refractivity contribution in [1.82, 2.24) is 4.98 Å². The number of ether oxygens (including phenoxy) is 2. The Labute approximate surface area is 120 Å². The number of rotatable bonds is 4. The SMILES string of the molecule is CC[C@H]1O[C@@H](OC)[C@@H](Nc2nc(Cl)cs2)[C@@H](O)[C@H]1O. The molecule has 1 aliphatic rings. The van der Waals surface area contributed by atoms with Crippen molar-refractivity contribution >= 4 is 28.1 Å². The van der Waals surface area contributed by atoms with Gasteiger partial charge in [0.05, 0.1) is 6.10 Å². The van der Waals surface area contributed by atoms with E-state index in [0.717, 1.165) is 0 Å². The highest BCUT2D eigenvalue weighted by Crippen LogP contribution is 2.28. The fraction of sp³-hybridized carbons (Fsp3) is 0.727. The summed E-state index contributed by atoms with van der Waals surface area (Å²) in [6, 6.07) is -0.606. The van der Waals surface area contributed by atoms with E-state index in [1.54, 1.807) is 5.38 Å². The molecule has 2 rings (SSSR count). The first kappa shape index (κ1) is 15.0. The fourth-order valence-corrected chi connectivity index (χ4v) is 2.97. The van der Waals surface area contributed by atoms with Crippen LogP contribution in [0.3, 0.4) is 0 Å². The zero-order valence-corrected chi connectivity index (χ0v) is 12.2. The van der Waals surface area contributed by atoms with Crippen molar-refractivity contribution in [1.29, 1.82) is 0 Å². The van der Waals surface area contributed by atoms with Gasteiger partial charge in [-0.15, -0.1) is 11.3 Å². The topological polar surface area (TPSA) is 83.8 Å². The van der Waals surface area contributed by atoms with Crippen LogP contribution in [0.25, 0.3) is 0 Å². The van der Waals surface area contributed by atoms with E-state index in [1.165, 1.54) is 18.4 Å². The summed E-state index contributed by atoms with van der Waals surface area (Å²) < 4.78 is 10.8. The first-order chi connectivity index (χ1) is 9.06. The van der Waals surface area contributed by atoms with Crippen molar-refractivity contribution in [3.05, 3.63) is 10.5 Å². The molecule has 0 aliphatic carbocycles. The summed E-state index contributed by atoms with van der Waals surface area (Å²) in [6.07, 6.45) is -2.49. The average molecular weight is 309 g/mol. The van der Waals surface area contributed by atoms with Crippen LogP contribution in [-0.2, 0) is 9.47 Å². The van der Waals surface area contributed by atoms with Crippen molar-refractivity contribution < 1.29 is 19.7 Å². The maximum Gasteiger partial charge on any atom is 0.184 e. The van der Waals surface area contributed by atoms with E-state index in [0.29, 0.717) is 16.7 Å². The number of hydrogen-bond acceptors (Lipinski definition) is 7. The molecule has 8 heteroatoms. The molecule has 0 aromatic carbocycles. The normalized spacial score (nSPS) is 35.3. The number of nitrogens with one attached hydrogen (secondary N) is 1. The summed E-state index contributed by atoms with van der Waals surface area (Å²) in [5.41, 5.74) is 0. The van der Waals surface area contributed by atoms with Gasteiger partial charge in [-0.25, -0.2) is 4.98 Å². The molecule has 0 spiro atoms. The third-order valence-electron chi connectivity index (χ3n) is 3.10. The second-order valence-electron chi connectivity index (χ2n) is 4.31. The number of halogens is 1. The van der Waals surface area contributed by atoms with Crippen LogP contribution < -0.4 is 5.32 Å². The van der Waals surface area contributed by atoms with E-state index < -0.39 is 30.6 Å². The molecule has 0 radical (unpaired) electrons. The maximum absolute atomic E-state index is 10.2. The molecule has 1 fully saturated rings. The standard InChI is InChI=1S/C11H17ClN2O4S/c1-3-5-8(15)9(16)7(10(17-2)18-5)14-11-13-6(12)4-19-11/h4-5,7-10,15-16H,3H2,1-2H3,(H,13,14)/t5-,7+,8+,9-,10-/m1/s1. The first-order valence-electron chi connectivity index (χ1n) is 5.98. The Morgan fingerprint density at radius 3 is 2.79 bits per heavy atom. The van der Waals surface area contributed by atoms with Crippen molar-refractivity contribution in [2.45, 2.75) is 44.0 Å². The number of aliphatic hydroxyl groups excluding tert-OH is 2. The predicted octanol–water partition coefficient (Wildman–Crippen LogP) is 1.08. The van der Waals surface area contributed by atoms with Crippen molar-refractivity contribution in [2.24, 2.45) is 0 Å². The Morgan fingerprint density at radius 1 is 1.53 bits per heavy atom. The molecule has 1 aliphatic heterocycles. The zero-order valence-electron chi connectivity index (χ0n) is 10.6. The van der Waals surface area contributed by atoms with Crippen LogP contribution in [0.1, 0.15) is 13.3 Å². The third-order valence-corrected chi connectivity index (χ3v) is 4.20. The monoisotopic (exact) mass is 308 g/mol. The number of hydrogen-bond donors (Lipinski definition) is 3. The number of nitrogens with zero attached hydrogens (tertiary/aromatic N) is 1. The molecule has 0 bridgehead atoms. The average Bonchev–Trinajstić information content (AvgIpc) is 2.81. The smallest absolute Gasteiger partial charge is 0.184 e. The quantitative estimate of drug-likeness (QED) is 0.772. The molecular weight excluding hydrogens is 292 g/mol. The number of anilines is 1. The highest BCUT2D eigenvalue weighted by atomic mass is 35.5. The van der Waals surface area contributed by atoms with Crippen LogP contribution >= 0.6 is 22.9 Å². The molecule has 0 amide bonds. The van der Waals surface area contributed by atoms with E-state index in [-0.39, 0.29) is 0 Å². The van der Waals surface area contributed by atoms with Gasteiger partial charge < -0.3 is 25.0 Å². The summed E-state index contributed by atoms with van der Waals surface area (Å²) >= 11 is 7.05. The molecule has 5 atom stereocenters. The largest absolute Gasteiger partial charge is 0.388 e. The highest BCUT2D eigenvalue weighted by Gasteiger charge is 2.44. The van der Waals surface area contributed by atoms with Gasteiger partial charge in [-0.05, 0) is 6.42 Å². The molecule has 0 unspecified atom stereocenters. The number of aliphatic hydroxyl groups is 2. The van der Waals surface area contributed by atoms with Gasteiger partial charge in [0, 0.05) is 12.5 Å². The highest BCUT2D eigenvalue weighted by molar-refractivity contribution is 7.14. The van der Waals surface area contributed by atoms with Crippen LogP contribution in [0.15, 0.2) is 5.38 Å². The van der Waals surface area contributed by atoms with Crippen LogP contribution in [0.4, 0.5) is 5.13 Å². The number of aromatic nitrogens is 1. The van der Waals surface area contributed by atoms with Gasteiger partial charge >= 0.3 is 0 Å². The van der Waals surface area contributed by atoms with Gasteiger partial charge in [-0.2, -0.15) is 0 Å². The van der Waals surface area contributed by atoms with Crippen LogP contribution in [-0.4, -0.2) is 53.0 Å². The first-order valence-corrected chi connectivity index (χ1v) is 7.24. The Balaban J connectivity index is 2.12. The summed E-state index contributed by atoms with van der Waals surface area (Å²) in [6.45, 7) is 1.88. The Kier molecular flexibility index (Phi) is 4.99. The summed E-state index contributed by atoms with van der Waals surface area (Å²) in [5.74, 6) is 0. The molecular formula is C11H17ClN2O4S. The Hall–Kier alpha value is -0.440. The van der Waals surface area contributed by atoms with Crippen molar-refractivity contribution in [3.63, 3.8) is 0 Å². The molecule has 3 N–H and O–H groups in total. The van der Waals surface area contributed by atoms with E-state index in [1.807, 2.05) is 6.92 Å². The minimum atomic E-state index is -1.01. The third kappa shape index (κ3) is 3.18.